The number of aliphatic carboxylic acids is 2. The molecule has 0 bridgehead atoms. The van der Waals surface area contributed by atoms with Gasteiger partial charge in [-0.2, -0.15) is 0 Å². The van der Waals surface area contributed by atoms with Gasteiger partial charge in [0.15, 0.2) is 0 Å². The van der Waals surface area contributed by atoms with Crippen LogP contribution in [-0.4, -0.2) is 28.4 Å². The number of hydrogen-bond donors (Lipinski definition) is 2. The summed E-state index contributed by atoms with van der Waals surface area (Å²) in [6, 6.07) is 5.42. The molecule has 0 saturated carbocycles. The fourth-order valence-corrected chi connectivity index (χ4v) is 2.34. The van der Waals surface area contributed by atoms with Gasteiger partial charge in [0.1, 0.15) is 0 Å². The Morgan fingerprint density at radius 2 is 1.94 bits per heavy atom. The molecule has 4 nitrogen and oxygen atoms in total. The molecular weight excluding hydrogens is 240 g/mol. The Kier molecular flexibility index (Phi) is 5.03. The van der Waals surface area contributed by atoms with E-state index < -0.39 is 11.9 Å². The second-order valence-corrected chi connectivity index (χ2v) is 4.41. The summed E-state index contributed by atoms with van der Waals surface area (Å²) in [6.45, 7) is 0. The predicted molar refractivity (Wildman–Crippen MR) is 65.5 cm³/mol. The highest BCUT2D eigenvalue weighted by molar-refractivity contribution is 7.98. The molecule has 5 heteroatoms. The minimum Gasteiger partial charge on any atom is -0.481 e. The monoisotopic (exact) mass is 254 g/mol. The molecular formula is C12H14O4S. The zero-order chi connectivity index (χ0) is 12.8. The first-order valence-corrected chi connectivity index (χ1v) is 6.35. The third kappa shape index (κ3) is 4.11. The molecule has 0 heterocycles. The normalized spacial score (nSPS) is 10.2. The van der Waals surface area contributed by atoms with Gasteiger partial charge in [-0.05, 0) is 29.9 Å². The maximum atomic E-state index is 10.7. The third-order valence-corrected chi connectivity index (χ3v) is 3.20. The van der Waals surface area contributed by atoms with Crippen molar-refractivity contribution in [1.82, 2.24) is 0 Å². The van der Waals surface area contributed by atoms with Crippen LogP contribution in [0.1, 0.15) is 17.5 Å². The summed E-state index contributed by atoms with van der Waals surface area (Å²) in [5.74, 6) is -1.78. The molecule has 0 atom stereocenters. The second kappa shape index (κ2) is 6.30. The maximum Gasteiger partial charge on any atom is 0.307 e. The molecule has 0 aromatic heterocycles. The smallest absolute Gasteiger partial charge is 0.307 e. The van der Waals surface area contributed by atoms with Crippen molar-refractivity contribution in [2.45, 2.75) is 24.2 Å². The second-order valence-electron chi connectivity index (χ2n) is 3.56. The van der Waals surface area contributed by atoms with Crippen LogP contribution >= 0.6 is 11.8 Å². The lowest BCUT2D eigenvalue weighted by Crippen LogP contribution is -2.06. The SMILES string of the molecule is CSc1cccc(CC(=O)O)c1CCC(=O)O. The summed E-state index contributed by atoms with van der Waals surface area (Å²) in [5, 5.41) is 17.5. The van der Waals surface area contributed by atoms with Crippen molar-refractivity contribution in [3.8, 4) is 0 Å². The summed E-state index contributed by atoms with van der Waals surface area (Å²) >= 11 is 1.50. The first-order chi connectivity index (χ1) is 8.04. The van der Waals surface area contributed by atoms with E-state index in [1.807, 2.05) is 12.3 Å². The minimum absolute atomic E-state index is 0.0180. The van der Waals surface area contributed by atoms with Gasteiger partial charge in [-0.1, -0.05) is 12.1 Å². The quantitative estimate of drug-likeness (QED) is 0.760. The molecule has 1 rings (SSSR count). The summed E-state index contributed by atoms with van der Waals surface area (Å²) in [5.41, 5.74) is 1.54. The van der Waals surface area contributed by atoms with Gasteiger partial charge in [-0.15, -0.1) is 11.8 Å². The van der Waals surface area contributed by atoms with Gasteiger partial charge in [-0.3, -0.25) is 9.59 Å². The molecule has 1 aromatic rings. The summed E-state index contributed by atoms with van der Waals surface area (Å²) in [4.78, 5) is 22.3. The molecule has 0 aliphatic carbocycles. The van der Waals surface area contributed by atoms with E-state index in [1.54, 1.807) is 12.1 Å². The van der Waals surface area contributed by atoms with E-state index in [0.29, 0.717) is 12.0 Å². The highest BCUT2D eigenvalue weighted by atomic mass is 32.2. The number of carbonyl (C=O) groups is 2. The van der Waals surface area contributed by atoms with E-state index in [0.717, 1.165) is 10.5 Å². The van der Waals surface area contributed by atoms with Gasteiger partial charge in [0.05, 0.1) is 6.42 Å². The highest BCUT2D eigenvalue weighted by Crippen LogP contribution is 2.25. The van der Waals surface area contributed by atoms with Crippen molar-refractivity contribution in [1.29, 1.82) is 0 Å². The Morgan fingerprint density at radius 1 is 1.24 bits per heavy atom. The molecule has 0 unspecified atom stereocenters. The Labute approximate surface area is 104 Å². The molecule has 0 aliphatic rings. The fourth-order valence-electron chi connectivity index (χ4n) is 1.65. The van der Waals surface area contributed by atoms with E-state index in [4.69, 9.17) is 10.2 Å². The number of carboxylic acids is 2. The highest BCUT2D eigenvalue weighted by Gasteiger charge is 2.12. The van der Waals surface area contributed by atoms with Crippen molar-refractivity contribution < 1.29 is 19.8 Å². The average Bonchev–Trinajstić information content (AvgIpc) is 2.26. The molecule has 0 fully saturated rings. The number of thioether (sulfide) groups is 1. The van der Waals surface area contributed by atoms with Gasteiger partial charge >= 0.3 is 11.9 Å². The molecule has 1 aromatic carbocycles. The topological polar surface area (TPSA) is 74.6 Å². The van der Waals surface area contributed by atoms with Crippen molar-refractivity contribution >= 4 is 23.7 Å². The standard InChI is InChI=1S/C12H14O4S/c1-17-10-4-2-3-8(7-12(15)16)9(10)5-6-11(13)14/h2-4H,5-7H2,1H3,(H,13,14)(H,15,16). The van der Waals surface area contributed by atoms with Crippen LogP contribution in [0.25, 0.3) is 0 Å². The van der Waals surface area contributed by atoms with Gasteiger partial charge < -0.3 is 10.2 Å². The zero-order valence-electron chi connectivity index (χ0n) is 9.47. The Balaban J connectivity index is 3.01. The lowest BCUT2D eigenvalue weighted by Gasteiger charge is -2.11. The van der Waals surface area contributed by atoms with Crippen LogP contribution in [0.5, 0.6) is 0 Å². The Morgan fingerprint density at radius 3 is 2.47 bits per heavy atom. The maximum absolute atomic E-state index is 10.7. The molecule has 0 radical (unpaired) electrons. The summed E-state index contributed by atoms with van der Waals surface area (Å²) < 4.78 is 0. The van der Waals surface area contributed by atoms with Gasteiger partial charge in [0.25, 0.3) is 0 Å². The van der Waals surface area contributed by atoms with Crippen LogP contribution in [0, 0.1) is 0 Å². The van der Waals surface area contributed by atoms with Crippen molar-refractivity contribution in [2.75, 3.05) is 6.26 Å². The lowest BCUT2D eigenvalue weighted by molar-refractivity contribution is -0.137. The molecule has 0 amide bonds. The molecule has 92 valence electrons. The number of carboxylic acid groups (broad SMARTS) is 2. The van der Waals surface area contributed by atoms with Crippen LogP contribution in [-0.2, 0) is 22.4 Å². The first kappa shape index (κ1) is 13.6. The lowest BCUT2D eigenvalue weighted by atomic mass is 10.0. The first-order valence-electron chi connectivity index (χ1n) is 5.13. The van der Waals surface area contributed by atoms with Crippen LogP contribution < -0.4 is 0 Å². The predicted octanol–water partition coefficient (Wildman–Crippen LogP) is 2.05. The summed E-state index contributed by atoms with van der Waals surface area (Å²) in [7, 11) is 0. The van der Waals surface area contributed by atoms with E-state index in [9.17, 15) is 9.59 Å². The third-order valence-electron chi connectivity index (χ3n) is 2.38. The van der Waals surface area contributed by atoms with Crippen molar-refractivity contribution in [3.63, 3.8) is 0 Å². The average molecular weight is 254 g/mol. The van der Waals surface area contributed by atoms with Crippen LogP contribution in [0.2, 0.25) is 0 Å². The largest absolute Gasteiger partial charge is 0.481 e. The zero-order valence-corrected chi connectivity index (χ0v) is 10.3. The Hall–Kier alpha value is -1.49. The Bertz CT molecular complexity index is 429. The van der Waals surface area contributed by atoms with Crippen molar-refractivity contribution in [2.24, 2.45) is 0 Å². The van der Waals surface area contributed by atoms with E-state index in [1.165, 1.54) is 11.8 Å². The number of benzene rings is 1. The van der Waals surface area contributed by atoms with Crippen LogP contribution in [0.4, 0.5) is 0 Å². The molecule has 2 N–H and O–H groups in total. The molecule has 0 saturated heterocycles. The van der Waals surface area contributed by atoms with Gasteiger partial charge in [0.2, 0.25) is 0 Å². The van der Waals surface area contributed by atoms with E-state index >= 15 is 0 Å². The number of rotatable bonds is 6. The van der Waals surface area contributed by atoms with Crippen LogP contribution in [0.15, 0.2) is 23.1 Å². The molecule has 0 spiro atoms. The van der Waals surface area contributed by atoms with Crippen LogP contribution in [0.3, 0.4) is 0 Å². The van der Waals surface area contributed by atoms with E-state index in [-0.39, 0.29) is 12.8 Å². The minimum atomic E-state index is -0.903. The van der Waals surface area contributed by atoms with Crippen molar-refractivity contribution in [3.05, 3.63) is 29.3 Å². The fraction of sp³-hybridized carbons (Fsp3) is 0.333. The molecule has 0 aliphatic heterocycles. The molecule has 17 heavy (non-hydrogen) atoms. The van der Waals surface area contributed by atoms with E-state index in [2.05, 4.69) is 0 Å². The number of hydrogen-bond acceptors (Lipinski definition) is 3. The van der Waals surface area contributed by atoms with Gasteiger partial charge in [0, 0.05) is 11.3 Å². The van der Waals surface area contributed by atoms with Gasteiger partial charge in [-0.25, -0.2) is 0 Å². The summed E-state index contributed by atoms with van der Waals surface area (Å²) in [6.07, 6.45) is 2.21.